The van der Waals surface area contributed by atoms with Crippen LogP contribution in [0.15, 0.2) is 69.6 Å². The lowest BCUT2D eigenvalue weighted by Gasteiger charge is -2.42. The number of rotatable bonds is 4. The second-order valence-corrected chi connectivity index (χ2v) is 12.8. The van der Waals surface area contributed by atoms with E-state index in [0.29, 0.717) is 59.7 Å². The van der Waals surface area contributed by atoms with Crippen LogP contribution in [0.2, 0.25) is 0 Å². The molecule has 2 aliphatic carbocycles. The minimum atomic E-state index is -0.550. The number of hydrogen-bond donors (Lipinski definition) is 0. The minimum Gasteiger partial charge on any atom is -0.493 e. The number of Topliss-reactive ketones (excluding diaryl/α,β-unsaturated/α-hetero) is 2. The Balaban J connectivity index is 1.57. The molecular weight excluding hydrogens is 548 g/mol. The molecule has 1 heterocycles. The summed E-state index contributed by atoms with van der Waals surface area (Å²) in [6, 6.07) is 12.1. The van der Waals surface area contributed by atoms with Crippen molar-refractivity contribution in [3.8, 4) is 11.5 Å². The Bertz CT molecular complexity index is 1360. The lowest BCUT2D eigenvalue weighted by Crippen LogP contribution is -2.37. The van der Waals surface area contributed by atoms with Crippen molar-refractivity contribution in [2.45, 2.75) is 59.3 Å². The van der Waals surface area contributed by atoms with Gasteiger partial charge >= 0.3 is 5.97 Å². The van der Waals surface area contributed by atoms with Gasteiger partial charge in [-0.05, 0) is 52.8 Å². The molecule has 0 bridgehead atoms. The maximum absolute atomic E-state index is 13.5. The summed E-state index contributed by atoms with van der Waals surface area (Å²) in [7, 11) is 1.50. The number of carbonyl (C=O) groups is 3. The Morgan fingerprint density at radius 3 is 1.92 bits per heavy atom. The molecule has 0 N–H and O–H groups in total. The van der Waals surface area contributed by atoms with E-state index in [1.807, 2.05) is 0 Å². The van der Waals surface area contributed by atoms with Crippen molar-refractivity contribution < 1.29 is 28.6 Å². The van der Waals surface area contributed by atoms with Crippen LogP contribution in [0.5, 0.6) is 11.5 Å². The van der Waals surface area contributed by atoms with E-state index in [-0.39, 0.29) is 28.1 Å². The van der Waals surface area contributed by atoms with Gasteiger partial charge in [0.05, 0.1) is 12.7 Å². The van der Waals surface area contributed by atoms with Crippen LogP contribution in [0.3, 0.4) is 0 Å². The third kappa shape index (κ3) is 4.96. The molecule has 2 aromatic rings. The standard InChI is InChI=1S/C31H31BrO6/c1-30(2)13-20(33)27-24(15-30)37-25-16-31(3,4)14-21(34)28(25)26(27)18-8-11-22(23(12-18)36-5)38-29(35)17-6-9-19(32)10-7-17/h6-12,26H,13-16H2,1-5H3. The third-order valence-electron chi connectivity index (χ3n) is 7.39. The van der Waals surface area contributed by atoms with E-state index < -0.39 is 11.9 Å². The smallest absolute Gasteiger partial charge is 0.343 e. The van der Waals surface area contributed by atoms with Crippen molar-refractivity contribution in [2.24, 2.45) is 10.8 Å². The summed E-state index contributed by atoms with van der Waals surface area (Å²) in [6.07, 6.45) is 2.01. The molecule has 3 aliphatic rings. The first-order valence-electron chi connectivity index (χ1n) is 12.7. The van der Waals surface area contributed by atoms with Crippen molar-refractivity contribution in [3.63, 3.8) is 0 Å². The van der Waals surface area contributed by atoms with Gasteiger partial charge in [0, 0.05) is 47.2 Å². The first kappa shape index (κ1) is 26.4. The van der Waals surface area contributed by atoms with Gasteiger partial charge in [-0.1, -0.05) is 49.7 Å². The van der Waals surface area contributed by atoms with Crippen molar-refractivity contribution in [2.75, 3.05) is 7.11 Å². The van der Waals surface area contributed by atoms with Crippen LogP contribution in [0.4, 0.5) is 0 Å². The summed E-state index contributed by atoms with van der Waals surface area (Å²) in [4.78, 5) is 39.8. The highest BCUT2D eigenvalue weighted by molar-refractivity contribution is 9.10. The van der Waals surface area contributed by atoms with Crippen LogP contribution in [0, 0.1) is 10.8 Å². The number of halogens is 1. The molecule has 0 saturated heterocycles. The summed E-state index contributed by atoms with van der Waals surface area (Å²) in [6.45, 7) is 8.24. The highest BCUT2D eigenvalue weighted by atomic mass is 79.9. The number of methoxy groups -OCH3 is 1. The number of benzene rings is 2. The highest BCUT2D eigenvalue weighted by Crippen LogP contribution is 2.53. The van der Waals surface area contributed by atoms with Crippen LogP contribution in [-0.2, 0) is 14.3 Å². The summed E-state index contributed by atoms with van der Waals surface area (Å²) < 4.78 is 18.5. The second-order valence-electron chi connectivity index (χ2n) is 11.9. The lowest BCUT2D eigenvalue weighted by molar-refractivity contribution is -0.120. The van der Waals surface area contributed by atoms with Gasteiger partial charge < -0.3 is 14.2 Å². The Labute approximate surface area is 231 Å². The van der Waals surface area contributed by atoms with Gasteiger partial charge in [-0.3, -0.25) is 9.59 Å². The molecule has 0 unspecified atom stereocenters. The number of ketones is 2. The van der Waals surface area contributed by atoms with E-state index >= 15 is 0 Å². The average molecular weight is 579 g/mol. The first-order valence-corrected chi connectivity index (χ1v) is 13.5. The lowest BCUT2D eigenvalue weighted by atomic mass is 9.65. The molecule has 0 atom stereocenters. The molecular formula is C31H31BrO6. The monoisotopic (exact) mass is 578 g/mol. The topological polar surface area (TPSA) is 78.9 Å². The molecule has 6 nitrogen and oxygen atoms in total. The van der Waals surface area contributed by atoms with Crippen LogP contribution in [0.25, 0.3) is 0 Å². The predicted octanol–water partition coefficient (Wildman–Crippen LogP) is 7.08. The van der Waals surface area contributed by atoms with E-state index in [2.05, 4.69) is 43.6 Å². The molecule has 0 radical (unpaired) electrons. The number of ether oxygens (including phenoxy) is 3. The highest BCUT2D eigenvalue weighted by Gasteiger charge is 2.48. The SMILES string of the molecule is COc1cc(C2C3=C(CC(C)(C)CC3=O)OC3=C2C(=O)CC(C)(C)C3)ccc1OC(=O)c1ccc(Br)cc1. The molecule has 38 heavy (non-hydrogen) atoms. The van der Waals surface area contributed by atoms with Gasteiger partial charge in [-0.2, -0.15) is 0 Å². The van der Waals surface area contributed by atoms with Crippen LogP contribution in [-0.4, -0.2) is 24.6 Å². The van der Waals surface area contributed by atoms with Crippen LogP contribution < -0.4 is 9.47 Å². The molecule has 2 aromatic carbocycles. The van der Waals surface area contributed by atoms with Gasteiger partial charge in [0.25, 0.3) is 0 Å². The maximum atomic E-state index is 13.5. The Kier molecular flexibility index (Phi) is 6.62. The van der Waals surface area contributed by atoms with Gasteiger partial charge in [-0.25, -0.2) is 4.79 Å². The molecule has 0 spiro atoms. The molecule has 198 valence electrons. The zero-order valence-electron chi connectivity index (χ0n) is 22.3. The van der Waals surface area contributed by atoms with E-state index in [4.69, 9.17) is 14.2 Å². The fourth-order valence-electron chi connectivity index (χ4n) is 5.70. The fraction of sp³-hybridized carbons (Fsp3) is 0.387. The molecule has 0 fully saturated rings. The van der Waals surface area contributed by atoms with Crippen LogP contribution >= 0.6 is 15.9 Å². The normalized spacial score (nSPS) is 20.5. The number of hydrogen-bond acceptors (Lipinski definition) is 6. The quantitative estimate of drug-likeness (QED) is 0.285. The second kappa shape index (κ2) is 9.53. The molecule has 0 saturated carbocycles. The minimum absolute atomic E-state index is 0.00450. The molecule has 7 heteroatoms. The van der Waals surface area contributed by atoms with E-state index in [1.54, 1.807) is 42.5 Å². The molecule has 0 amide bonds. The van der Waals surface area contributed by atoms with E-state index in [1.165, 1.54) is 7.11 Å². The Hall–Kier alpha value is -3.19. The summed E-state index contributed by atoms with van der Waals surface area (Å²) >= 11 is 3.36. The summed E-state index contributed by atoms with van der Waals surface area (Å²) in [5, 5.41) is 0. The summed E-state index contributed by atoms with van der Waals surface area (Å²) in [5.74, 6) is 0.841. The maximum Gasteiger partial charge on any atom is 0.343 e. The van der Waals surface area contributed by atoms with Crippen molar-refractivity contribution in [3.05, 3.63) is 80.7 Å². The van der Waals surface area contributed by atoms with Gasteiger partial charge in [0.15, 0.2) is 23.1 Å². The van der Waals surface area contributed by atoms with E-state index in [0.717, 1.165) is 10.0 Å². The molecule has 1 aliphatic heterocycles. The van der Waals surface area contributed by atoms with Gasteiger partial charge in [0.1, 0.15) is 11.5 Å². The zero-order chi connectivity index (χ0) is 27.4. The van der Waals surface area contributed by atoms with Gasteiger partial charge in [0.2, 0.25) is 0 Å². The number of carbonyl (C=O) groups excluding carboxylic acids is 3. The Morgan fingerprint density at radius 2 is 1.39 bits per heavy atom. The largest absolute Gasteiger partial charge is 0.493 e. The zero-order valence-corrected chi connectivity index (χ0v) is 23.9. The number of esters is 1. The van der Waals surface area contributed by atoms with E-state index in [9.17, 15) is 14.4 Å². The van der Waals surface area contributed by atoms with Crippen LogP contribution in [0.1, 0.15) is 75.2 Å². The molecule has 5 rings (SSSR count). The van der Waals surface area contributed by atoms with Crippen molar-refractivity contribution in [1.29, 1.82) is 0 Å². The predicted molar refractivity (Wildman–Crippen MR) is 146 cm³/mol. The van der Waals surface area contributed by atoms with Gasteiger partial charge in [-0.15, -0.1) is 0 Å². The summed E-state index contributed by atoms with van der Waals surface area (Å²) in [5.41, 5.74) is 1.79. The molecule has 0 aromatic heterocycles. The van der Waals surface area contributed by atoms with Crippen molar-refractivity contribution >= 4 is 33.5 Å². The van der Waals surface area contributed by atoms with Crippen molar-refractivity contribution in [1.82, 2.24) is 0 Å². The third-order valence-corrected chi connectivity index (χ3v) is 7.91. The average Bonchev–Trinajstić information content (AvgIpc) is 2.81. The first-order chi connectivity index (χ1) is 17.9. The Morgan fingerprint density at radius 1 is 0.842 bits per heavy atom. The fourth-order valence-corrected chi connectivity index (χ4v) is 5.97. The number of allylic oxidation sites excluding steroid dienone is 4.